The first kappa shape index (κ1) is 20.2. The Morgan fingerprint density at radius 2 is 1.96 bits per heavy atom. The molecule has 0 heterocycles. The predicted molar refractivity (Wildman–Crippen MR) is 97.0 cm³/mol. The van der Waals surface area contributed by atoms with Gasteiger partial charge in [0.2, 0.25) is 0 Å². The van der Waals surface area contributed by atoms with Crippen molar-refractivity contribution in [1.29, 1.82) is 0 Å². The van der Waals surface area contributed by atoms with E-state index in [0.717, 1.165) is 0 Å². The third-order valence-corrected chi connectivity index (χ3v) is 3.94. The number of benzene rings is 1. The number of halogens is 1. The topological polar surface area (TPSA) is 64.6 Å². The maximum Gasteiger partial charge on any atom is 0.319 e. The lowest BCUT2D eigenvalue weighted by atomic mass is 9.87. The lowest BCUT2D eigenvalue weighted by Gasteiger charge is -2.26. The van der Waals surface area contributed by atoms with E-state index in [2.05, 4.69) is 10.6 Å². The number of aliphatic hydroxyl groups excluding tert-OH is 1. The maximum atomic E-state index is 14.2. The SMILES string of the molecule is CC(O)CC(C)(C)CNC(=O)Nc1ccc(N(C)C(C)C)c(F)c1. The zero-order valence-corrected chi connectivity index (χ0v) is 15.5. The molecule has 1 unspecified atom stereocenters. The molecule has 0 spiro atoms. The first-order valence-corrected chi connectivity index (χ1v) is 8.27. The van der Waals surface area contributed by atoms with Crippen LogP contribution < -0.4 is 15.5 Å². The number of nitrogens with one attached hydrogen (secondary N) is 2. The van der Waals surface area contributed by atoms with Gasteiger partial charge in [0.25, 0.3) is 0 Å². The van der Waals surface area contributed by atoms with Crippen LogP contribution in [0, 0.1) is 11.2 Å². The second-order valence-corrected chi connectivity index (χ2v) is 7.40. The molecule has 0 bridgehead atoms. The highest BCUT2D eigenvalue weighted by Crippen LogP contribution is 2.24. The Labute approximate surface area is 144 Å². The van der Waals surface area contributed by atoms with Gasteiger partial charge in [-0.3, -0.25) is 0 Å². The number of aliphatic hydroxyl groups is 1. The molecule has 1 rings (SSSR count). The van der Waals surface area contributed by atoms with E-state index in [1.807, 2.05) is 39.6 Å². The number of hydrogen-bond acceptors (Lipinski definition) is 3. The summed E-state index contributed by atoms with van der Waals surface area (Å²) in [6.45, 7) is 10.0. The normalized spacial score (nSPS) is 12.9. The number of urea groups is 1. The molecule has 0 aliphatic carbocycles. The minimum Gasteiger partial charge on any atom is -0.393 e. The Kier molecular flexibility index (Phi) is 7.02. The predicted octanol–water partition coefficient (Wildman–Crippen LogP) is 3.59. The van der Waals surface area contributed by atoms with Crippen LogP contribution in [0.15, 0.2) is 18.2 Å². The van der Waals surface area contributed by atoms with E-state index in [1.165, 1.54) is 6.07 Å². The molecule has 0 aliphatic rings. The lowest BCUT2D eigenvalue weighted by Crippen LogP contribution is -2.38. The van der Waals surface area contributed by atoms with Crippen LogP contribution in [0.1, 0.15) is 41.0 Å². The summed E-state index contributed by atoms with van der Waals surface area (Å²) in [5.41, 5.74) is 0.675. The molecule has 5 nitrogen and oxygen atoms in total. The minimum atomic E-state index is -0.426. The van der Waals surface area contributed by atoms with Crippen LogP contribution in [-0.4, -0.2) is 36.9 Å². The van der Waals surface area contributed by atoms with Gasteiger partial charge in [-0.15, -0.1) is 0 Å². The van der Waals surface area contributed by atoms with E-state index < -0.39 is 12.1 Å². The van der Waals surface area contributed by atoms with Crippen molar-refractivity contribution in [1.82, 2.24) is 5.32 Å². The van der Waals surface area contributed by atoms with Crippen molar-refractivity contribution in [3.63, 3.8) is 0 Å². The number of carbonyl (C=O) groups excluding carboxylic acids is 1. The van der Waals surface area contributed by atoms with Crippen molar-refractivity contribution in [2.75, 3.05) is 23.8 Å². The molecule has 3 N–H and O–H groups in total. The number of anilines is 2. The van der Waals surface area contributed by atoms with E-state index in [0.29, 0.717) is 24.3 Å². The first-order chi connectivity index (χ1) is 11.0. The third kappa shape index (κ3) is 6.35. The van der Waals surface area contributed by atoms with Crippen molar-refractivity contribution < 1.29 is 14.3 Å². The van der Waals surface area contributed by atoms with E-state index in [-0.39, 0.29) is 17.3 Å². The van der Waals surface area contributed by atoms with Gasteiger partial charge in [-0.2, -0.15) is 0 Å². The Hall–Kier alpha value is -1.82. The fourth-order valence-electron chi connectivity index (χ4n) is 2.52. The number of rotatable bonds is 7. The molecule has 24 heavy (non-hydrogen) atoms. The van der Waals surface area contributed by atoms with Crippen LogP contribution in [0.3, 0.4) is 0 Å². The molecule has 0 aliphatic heterocycles. The highest BCUT2D eigenvalue weighted by molar-refractivity contribution is 5.89. The average Bonchev–Trinajstić information content (AvgIpc) is 2.43. The van der Waals surface area contributed by atoms with E-state index >= 15 is 0 Å². The van der Waals surface area contributed by atoms with Crippen LogP contribution in [0.25, 0.3) is 0 Å². The minimum absolute atomic E-state index is 0.178. The largest absolute Gasteiger partial charge is 0.393 e. The molecule has 1 atom stereocenters. The van der Waals surface area contributed by atoms with E-state index in [9.17, 15) is 14.3 Å². The molecular formula is C18H30FN3O2. The molecule has 0 fully saturated rings. The van der Waals surface area contributed by atoms with Crippen molar-refractivity contribution in [2.24, 2.45) is 5.41 Å². The van der Waals surface area contributed by atoms with E-state index in [1.54, 1.807) is 19.1 Å². The monoisotopic (exact) mass is 339 g/mol. The van der Waals surface area contributed by atoms with Crippen molar-refractivity contribution in [3.8, 4) is 0 Å². The summed E-state index contributed by atoms with van der Waals surface area (Å²) in [7, 11) is 1.83. The molecule has 1 aromatic carbocycles. The third-order valence-electron chi connectivity index (χ3n) is 3.94. The molecule has 0 radical (unpaired) electrons. The van der Waals surface area contributed by atoms with E-state index in [4.69, 9.17) is 0 Å². The van der Waals surface area contributed by atoms with Crippen molar-refractivity contribution >= 4 is 17.4 Å². The summed E-state index contributed by atoms with van der Waals surface area (Å²) < 4.78 is 14.2. The molecule has 0 saturated heterocycles. The van der Waals surface area contributed by atoms with Crippen LogP contribution in [0.4, 0.5) is 20.6 Å². The molecule has 2 amide bonds. The Morgan fingerprint density at radius 3 is 2.46 bits per heavy atom. The lowest BCUT2D eigenvalue weighted by molar-refractivity contribution is 0.129. The van der Waals surface area contributed by atoms with Crippen molar-refractivity contribution in [2.45, 2.75) is 53.2 Å². The number of hydrogen-bond donors (Lipinski definition) is 3. The molecule has 1 aromatic rings. The van der Waals surface area contributed by atoms with Gasteiger partial charge in [0.15, 0.2) is 0 Å². The quantitative estimate of drug-likeness (QED) is 0.711. The number of nitrogens with zero attached hydrogens (tertiary/aromatic N) is 1. The Balaban J connectivity index is 2.63. The zero-order valence-electron chi connectivity index (χ0n) is 15.5. The zero-order chi connectivity index (χ0) is 18.5. The Bertz CT molecular complexity index is 559. The molecule has 136 valence electrons. The summed E-state index contributed by atoms with van der Waals surface area (Å²) in [6.07, 6.45) is 0.155. The van der Waals surface area contributed by atoms with Gasteiger partial charge in [-0.05, 0) is 50.8 Å². The summed E-state index contributed by atoms with van der Waals surface area (Å²) in [5, 5.41) is 14.8. The molecular weight excluding hydrogens is 309 g/mol. The standard InChI is InChI=1S/C18H30FN3O2/c1-12(2)22(6)16-8-7-14(9-15(16)19)21-17(24)20-11-18(4,5)10-13(3)23/h7-9,12-13,23H,10-11H2,1-6H3,(H2,20,21,24). The Morgan fingerprint density at radius 1 is 1.33 bits per heavy atom. The van der Waals surface area contributed by atoms with Crippen LogP contribution >= 0.6 is 0 Å². The van der Waals surface area contributed by atoms with Gasteiger partial charge in [0, 0.05) is 25.3 Å². The highest BCUT2D eigenvalue weighted by atomic mass is 19.1. The number of carbonyl (C=O) groups is 1. The summed E-state index contributed by atoms with van der Waals surface area (Å²) in [5.74, 6) is -0.376. The molecule has 6 heteroatoms. The van der Waals surface area contributed by atoms with Crippen LogP contribution in [-0.2, 0) is 0 Å². The second-order valence-electron chi connectivity index (χ2n) is 7.40. The first-order valence-electron chi connectivity index (χ1n) is 8.27. The van der Waals surface area contributed by atoms with Gasteiger partial charge in [0.05, 0.1) is 11.8 Å². The van der Waals surface area contributed by atoms with Gasteiger partial charge in [-0.1, -0.05) is 13.8 Å². The average molecular weight is 339 g/mol. The van der Waals surface area contributed by atoms with Crippen LogP contribution in [0.2, 0.25) is 0 Å². The number of amides is 2. The summed E-state index contributed by atoms with van der Waals surface area (Å²) in [4.78, 5) is 13.8. The molecule has 0 saturated carbocycles. The van der Waals surface area contributed by atoms with Gasteiger partial charge in [-0.25, -0.2) is 9.18 Å². The molecule has 0 aromatic heterocycles. The van der Waals surface area contributed by atoms with Crippen LogP contribution in [0.5, 0.6) is 0 Å². The fraction of sp³-hybridized carbons (Fsp3) is 0.611. The summed E-state index contributed by atoms with van der Waals surface area (Å²) >= 11 is 0. The van der Waals surface area contributed by atoms with Gasteiger partial charge in [0.1, 0.15) is 5.82 Å². The highest BCUT2D eigenvalue weighted by Gasteiger charge is 2.21. The van der Waals surface area contributed by atoms with Gasteiger partial charge < -0.3 is 20.6 Å². The van der Waals surface area contributed by atoms with Gasteiger partial charge >= 0.3 is 6.03 Å². The second kappa shape index (κ2) is 8.33. The van der Waals surface area contributed by atoms with Crippen molar-refractivity contribution in [3.05, 3.63) is 24.0 Å². The summed E-state index contributed by atoms with van der Waals surface area (Å²) in [6, 6.07) is 4.44. The maximum absolute atomic E-state index is 14.2. The fourth-order valence-corrected chi connectivity index (χ4v) is 2.52. The smallest absolute Gasteiger partial charge is 0.319 e.